The van der Waals surface area contributed by atoms with Crippen LogP contribution >= 0.6 is 0 Å². The summed E-state index contributed by atoms with van der Waals surface area (Å²) in [6.45, 7) is 0.187. The molecule has 2 aliphatic rings. The summed E-state index contributed by atoms with van der Waals surface area (Å²) < 4.78 is 50.6. The zero-order valence-corrected chi connectivity index (χ0v) is 14.7. The lowest BCUT2D eigenvalue weighted by Crippen LogP contribution is -2.24. The molecule has 0 bridgehead atoms. The molecule has 0 heterocycles. The first kappa shape index (κ1) is 22.2. The maximum Gasteiger partial charge on any atom is 0.303 e. The van der Waals surface area contributed by atoms with Crippen LogP contribution in [0, 0.1) is 11.8 Å². The monoisotopic (exact) mass is 370 g/mol. The zero-order chi connectivity index (χ0) is 18.9. The minimum Gasteiger partial charge on any atom is -0.481 e. The number of alkyl halides is 4. The van der Waals surface area contributed by atoms with E-state index in [1.54, 1.807) is 0 Å². The Morgan fingerprint density at radius 2 is 1.24 bits per heavy atom. The number of carboxylic acid groups (broad SMARTS) is 1. The normalized spacial score (nSPS) is 23.6. The highest BCUT2D eigenvalue weighted by atomic mass is 19.3. The number of hydrogen-bond acceptors (Lipinski definition) is 2. The van der Waals surface area contributed by atoms with Crippen molar-refractivity contribution in [2.24, 2.45) is 11.8 Å². The minimum absolute atomic E-state index is 0.0447. The fraction of sp³-hybridized carbons (Fsp3) is 0.944. The molecule has 2 N–H and O–H groups in total. The van der Waals surface area contributed by atoms with Crippen LogP contribution < -0.4 is 0 Å². The lowest BCUT2D eigenvalue weighted by Gasteiger charge is -2.27. The molecule has 0 unspecified atom stereocenters. The number of rotatable bonds is 6. The van der Waals surface area contributed by atoms with Crippen LogP contribution in [0.2, 0.25) is 0 Å². The summed E-state index contributed by atoms with van der Waals surface area (Å²) >= 11 is 0. The SMILES string of the molecule is O=C(O)CCC1CCC(F)(F)CC1.OCCCC1CCC(F)(F)CC1. The summed E-state index contributed by atoms with van der Waals surface area (Å²) in [5, 5.41) is 17.0. The van der Waals surface area contributed by atoms with E-state index in [1.807, 2.05) is 0 Å². The van der Waals surface area contributed by atoms with Crippen molar-refractivity contribution in [3.63, 3.8) is 0 Å². The van der Waals surface area contributed by atoms with Crippen LogP contribution in [0.5, 0.6) is 0 Å². The molecule has 7 heteroatoms. The number of aliphatic hydroxyl groups is 1. The average Bonchev–Trinajstić information content (AvgIpc) is 2.53. The van der Waals surface area contributed by atoms with Crippen molar-refractivity contribution in [2.75, 3.05) is 6.61 Å². The van der Waals surface area contributed by atoms with E-state index >= 15 is 0 Å². The van der Waals surface area contributed by atoms with Gasteiger partial charge in [0.15, 0.2) is 0 Å². The highest BCUT2D eigenvalue weighted by Crippen LogP contribution is 2.38. The van der Waals surface area contributed by atoms with Crippen LogP contribution in [0.3, 0.4) is 0 Å². The molecule has 25 heavy (non-hydrogen) atoms. The second-order valence-electron chi connectivity index (χ2n) is 7.40. The lowest BCUT2D eigenvalue weighted by atomic mass is 9.84. The molecule has 2 rings (SSSR count). The van der Waals surface area contributed by atoms with Crippen LogP contribution in [0.15, 0.2) is 0 Å². The molecule has 2 aliphatic carbocycles. The van der Waals surface area contributed by atoms with E-state index in [2.05, 4.69) is 0 Å². The van der Waals surface area contributed by atoms with E-state index in [9.17, 15) is 22.4 Å². The number of carboxylic acids is 1. The first-order valence-electron chi connectivity index (χ1n) is 9.22. The molecular formula is C18H30F4O3. The van der Waals surface area contributed by atoms with E-state index in [4.69, 9.17) is 10.2 Å². The van der Waals surface area contributed by atoms with Gasteiger partial charge in [-0.3, -0.25) is 4.79 Å². The molecule has 0 aliphatic heterocycles. The zero-order valence-electron chi connectivity index (χ0n) is 14.7. The van der Waals surface area contributed by atoms with Gasteiger partial charge in [0.25, 0.3) is 0 Å². The topological polar surface area (TPSA) is 57.5 Å². The van der Waals surface area contributed by atoms with Gasteiger partial charge in [0.1, 0.15) is 0 Å². The Kier molecular flexibility index (Phi) is 9.17. The van der Waals surface area contributed by atoms with Crippen LogP contribution in [-0.4, -0.2) is 34.6 Å². The molecule has 0 radical (unpaired) electrons. The van der Waals surface area contributed by atoms with Gasteiger partial charge in [-0.05, 0) is 56.8 Å². The van der Waals surface area contributed by atoms with Gasteiger partial charge >= 0.3 is 5.97 Å². The second kappa shape index (κ2) is 10.3. The predicted octanol–water partition coefficient (Wildman–Crippen LogP) is 5.26. The smallest absolute Gasteiger partial charge is 0.303 e. The number of aliphatic carboxylic acids is 1. The molecule has 148 valence electrons. The standard InChI is InChI=1S/C9H14F2O2.C9H16F2O/c10-9(11)5-3-7(4-6-9)1-2-8(12)13;10-9(11)5-3-8(4-6-9)2-1-7-12/h7H,1-6H2,(H,12,13);8,12H,1-7H2. The fourth-order valence-electron chi connectivity index (χ4n) is 3.48. The van der Waals surface area contributed by atoms with Gasteiger partial charge in [0, 0.05) is 38.7 Å². The van der Waals surface area contributed by atoms with E-state index in [0.717, 1.165) is 12.8 Å². The summed E-state index contributed by atoms with van der Waals surface area (Å²) in [4.78, 5) is 10.2. The highest BCUT2D eigenvalue weighted by molar-refractivity contribution is 5.66. The molecule has 0 atom stereocenters. The first-order chi connectivity index (χ1) is 11.6. The van der Waals surface area contributed by atoms with Crippen molar-refractivity contribution in [1.82, 2.24) is 0 Å². The highest BCUT2D eigenvalue weighted by Gasteiger charge is 2.35. The minimum atomic E-state index is -2.50. The third kappa shape index (κ3) is 10.0. The maximum atomic E-state index is 12.7. The summed E-state index contributed by atoms with van der Waals surface area (Å²) in [6, 6.07) is 0. The van der Waals surface area contributed by atoms with Crippen LogP contribution in [0.4, 0.5) is 17.6 Å². The summed E-state index contributed by atoms with van der Waals surface area (Å²) in [6.07, 6.45) is 4.48. The van der Waals surface area contributed by atoms with Gasteiger partial charge in [-0.25, -0.2) is 17.6 Å². The van der Waals surface area contributed by atoms with Crippen molar-refractivity contribution in [1.29, 1.82) is 0 Å². The quantitative estimate of drug-likeness (QED) is 0.627. The van der Waals surface area contributed by atoms with Crippen LogP contribution in [0.1, 0.15) is 77.0 Å². The summed E-state index contributed by atoms with van der Waals surface area (Å²) in [5.41, 5.74) is 0. The fourth-order valence-corrected chi connectivity index (χ4v) is 3.48. The van der Waals surface area contributed by atoms with Crippen molar-refractivity contribution in [2.45, 2.75) is 88.9 Å². The Hall–Kier alpha value is -0.850. The Morgan fingerprint density at radius 3 is 1.60 bits per heavy atom. The van der Waals surface area contributed by atoms with Gasteiger partial charge in [0.05, 0.1) is 0 Å². The maximum absolute atomic E-state index is 12.7. The van der Waals surface area contributed by atoms with Crippen molar-refractivity contribution in [3.05, 3.63) is 0 Å². The van der Waals surface area contributed by atoms with Crippen molar-refractivity contribution in [3.8, 4) is 0 Å². The number of hydrogen-bond donors (Lipinski definition) is 2. The molecule has 2 saturated carbocycles. The van der Waals surface area contributed by atoms with Crippen LogP contribution in [0.25, 0.3) is 0 Å². The Balaban J connectivity index is 0.000000251. The molecule has 0 aromatic rings. The molecule has 0 aromatic heterocycles. The molecule has 0 aromatic carbocycles. The van der Waals surface area contributed by atoms with E-state index < -0.39 is 17.8 Å². The summed E-state index contributed by atoms with van der Waals surface area (Å²) in [7, 11) is 0. The third-order valence-electron chi connectivity index (χ3n) is 5.21. The molecule has 2 fully saturated rings. The molecular weight excluding hydrogens is 340 g/mol. The average molecular weight is 370 g/mol. The first-order valence-corrected chi connectivity index (χ1v) is 9.22. The number of halogens is 4. The number of aliphatic hydroxyl groups excluding tert-OH is 1. The van der Waals surface area contributed by atoms with Gasteiger partial charge in [-0.1, -0.05) is 0 Å². The van der Waals surface area contributed by atoms with Crippen LogP contribution in [-0.2, 0) is 4.79 Å². The van der Waals surface area contributed by atoms with Crippen molar-refractivity contribution >= 4 is 5.97 Å². The molecule has 3 nitrogen and oxygen atoms in total. The molecule has 0 amide bonds. The van der Waals surface area contributed by atoms with Crippen molar-refractivity contribution < 1.29 is 32.6 Å². The molecule has 0 saturated heterocycles. The van der Waals surface area contributed by atoms with E-state index in [0.29, 0.717) is 38.0 Å². The number of carbonyl (C=O) groups is 1. The van der Waals surface area contributed by atoms with E-state index in [-0.39, 0.29) is 44.6 Å². The van der Waals surface area contributed by atoms with Gasteiger partial charge in [-0.15, -0.1) is 0 Å². The third-order valence-corrected chi connectivity index (χ3v) is 5.21. The second-order valence-corrected chi connectivity index (χ2v) is 7.40. The predicted molar refractivity (Wildman–Crippen MR) is 87.0 cm³/mol. The Labute approximate surface area is 146 Å². The Morgan fingerprint density at radius 1 is 0.840 bits per heavy atom. The largest absolute Gasteiger partial charge is 0.481 e. The van der Waals surface area contributed by atoms with E-state index in [1.165, 1.54) is 0 Å². The van der Waals surface area contributed by atoms with Gasteiger partial charge < -0.3 is 10.2 Å². The molecule has 0 spiro atoms. The van der Waals surface area contributed by atoms with Gasteiger partial charge in [-0.2, -0.15) is 0 Å². The lowest BCUT2D eigenvalue weighted by molar-refractivity contribution is -0.137. The van der Waals surface area contributed by atoms with Gasteiger partial charge in [0.2, 0.25) is 11.8 Å². The summed E-state index contributed by atoms with van der Waals surface area (Å²) in [5.74, 6) is -5.13. The Bertz CT molecular complexity index is 382.